The van der Waals surface area contributed by atoms with Gasteiger partial charge in [0.05, 0.1) is 0 Å². The van der Waals surface area contributed by atoms with Gasteiger partial charge in [-0.15, -0.1) is 0 Å². The first-order chi connectivity index (χ1) is 13.2. The molecule has 0 aromatic heterocycles. The molecule has 0 amide bonds. The topological polar surface area (TPSA) is 43.7 Å². The molecule has 2 aromatic rings. The number of benzene rings is 2. The van der Waals surface area contributed by atoms with Crippen molar-refractivity contribution in [3.63, 3.8) is 0 Å². The second-order valence-electron chi connectivity index (χ2n) is 8.49. The lowest BCUT2D eigenvalue weighted by molar-refractivity contribution is -0.178. The summed E-state index contributed by atoms with van der Waals surface area (Å²) in [6.07, 6.45) is 2.34. The van der Waals surface area contributed by atoms with Gasteiger partial charge in [-0.2, -0.15) is 0 Å². The van der Waals surface area contributed by atoms with Crippen LogP contribution in [0.4, 0.5) is 0 Å². The molecule has 1 aliphatic heterocycles. The normalized spacial score (nSPS) is 25.1. The molecule has 0 saturated carbocycles. The molecule has 3 nitrogen and oxygen atoms in total. The third-order valence-electron chi connectivity index (χ3n) is 6.53. The van der Waals surface area contributed by atoms with Crippen LogP contribution < -0.4 is 0 Å². The second kappa shape index (κ2) is 8.54. The molecular formula is C24H32ClNO2. The largest absolute Gasteiger partial charge is 0.385 e. The van der Waals surface area contributed by atoms with Crippen molar-refractivity contribution in [3.05, 3.63) is 59.1 Å². The zero-order valence-corrected chi connectivity index (χ0v) is 18.0. The minimum absolute atomic E-state index is 0.254. The van der Waals surface area contributed by atoms with Gasteiger partial charge in [-0.1, -0.05) is 61.3 Å². The zero-order valence-electron chi connectivity index (χ0n) is 17.3. The van der Waals surface area contributed by atoms with Crippen LogP contribution in [-0.4, -0.2) is 39.0 Å². The van der Waals surface area contributed by atoms with Gasteiger partial charge in [-0.25, -0.2) is 0 Å². The standard InChI is InChI=1S/C24H32ClNO2/c1-16-8-7-9-17(2)26(16)23(27)24(4,28)18(3)21-10-5-6-11-22(21)19-12-14-20(25)15-13-19/h5-6,10-18,23,27-28H,7-9H2,1-4H3. The molecule has 0 spiro atoms. The van der Waals surface area contributed by atoms with Gasteiger partial charge in [0.2, 0.25) is 0 Å². The lowest BCUT2D eigenvalue weighted by Crippen LogP contribution is -2.60. The third kappa shape index (κ3) is 4.13. The summed E-state index contributed by atoms with van der Waals surface area (Å²) < 4.78 is 0. The summed E-state index contributed by atoms with van der Waals surface area (Å²) in [7, 11) is 0. The highest BCUT2D eigenvalue weighted by molar-refractivity contribution is 6.30. The van der Waals surface area contributed by atoms with Gasteiger partial charge >= 0.3 is 0 Å². The molecule has 5 atom stereocenters. The second-order valence-corrected chi connectivity index (χ2v) is 8.93. The Hall–Kier alpha value is -1.39. The van der Waals surface area contributed by atoms with Crippen LogP contribution in [0, 0.1) is 0 Å². The maximum absolute atomic E-state index is 11.5. The maximum Gasteiger partial charge on any atom is 0.137 e. The molecule has 2 aromatic carbocycles. The van der Waals surface area contributed by atoms with E-state index in [1.165, 1.54) is 6.42 Å². The van der Waals surface area contributed by atoms with E-state index in [1.807, 2.05) is 49.4 Å². The number of rotatable bonds is 5. The Balaban J connectivity index is 1.94. The number of nitrogens with zero attached hydrogens (tertiary/aromatic N) is 1. The lowest BCUT2D eigenvalue weighted by atomic mass is 9.79. The average Bonchev–Trinajstić information content (AvgIpc) is 2.67. The molecule has 3 rings (SSSR count). The van der Waals surface area contributed by atoms with E-state index < -0.39 is 11.8 Å². The van der Waals surface area contributed by atoms with Gasteiger partial charge < -0.3 is 10.2 Å². The highest BCUT2D eigenvalue weighted by Gasteiger charge is 2.44. The van der Waals surface area contributed by atoms with Crippen LogP contribution in [-0.2, 0) is 0 Å². The third-order valence-corrected chi connectivity index (χ3v) is 6.78. The van der Waals surface area contributed by atoms with E-state index in [1.54, 1.807) is 6.92 Å². The van der Waals surface area contributed by atoms with Gasteiger partial charge in [-0.05, 0) is 62.4 Å². The maximum atomic E-state index is 11.5. The molecule has 0 bridgehead atoms. The van der Waals surface area contributed by atoms with E-state index in [-0.39, 0.29) is 18.0 Å². The Labute approximate surface area is 174 Å². The molecule has 2 N–H and O–H groups in total. The fraction of sp³-hybridized carbons (Fsp3) is 0.500. The van der Waals surface area contributed by atoms with Crippen molar-refractivity contribution in [2.45, 2.75) is 76.8 Å². The number of likely N-dealkylation sites (tertiary alicyclic amines) is 1. The summed E-state index contributed by atoms with van der Waals surface area (Å²) in [4.78, 5) is 2.09. The molecule has 5 unspecified atom stereocenters. The lowest BCUT2D eigenvalue weighted by Gasteiger charge is -2.48. The van der Waals surface area contributed by atoms with Gasteiger partial charge in [0.1, 0.15) is 11.8 Å². The SMILES string of the molecule is CC1CCCC(C)N1C(O)C(C)(O)C(C)c1ccccc1-c1ccc(Cl)cc1. The van der Waals surface area contributed by atoms with E-state index >= 15 is 0 Å². The van der Waals surface area contributed by atoms with Crippen LogP contribution in [0.5, 0.6) is 0 Å². The van der Waals surface area contributed by atoms with Crippen molar-refractivity contribution in [1.82, 2.24) is 4.90 Å². The molecule has 152 valence electrons. The fourth-order valence-corrected chi connectivity index (χ4v) is 4.66. The zero-order chi connectivity index (χ0) is 20.5. The molecule has 1 aliphatic rings. The summed E-state index contributed by atoms with van der Waals surface area (Å²) >= 11 is 6.05. The molecule has 0 radical (unpaired) electrons. The van der Waals surface area contributed by atoms with E-state index in [0.29, 0.717) is 5.02 Å². The fourth-order valence-electron chi connectivity index (χ4n) is 4.53. The number of piperidine rings is 1. The highest BCUT2D eigenvalue weighted by atomic mass is 35.5. The molecule has 1 fully saturated rings. The molecule has 1 heterocycles. The first-order valence-electron chi connectivity index (χ1n) is 10.3. The predicted octanol–water partition coefficient (Wildman–Crippen LogP) is 5.44. The minimum atomic E-state index is -1.29. The van der Waals surface area contributed by atoms with Crippen LogP contribution in [0.3, 0.4) is 0 Å². The van der Waals surface area contributed by atoms with Gasteiger partial charge in [0.15, 0.2) is 0 Å². The molecule has 4 heteroatoms. The predicted molar refractivity (Wildman–Crippen MR) is 117 cm³/mol. The van der Waals surface area contributed by atoms with Crippen LogP contribution in [0.15, 0.2) is 48.5 Å². The van der Waals surface area contributed by atoms with Crippen molar-refractivity contribution in [3.8, 4) is 11.1 Å². The van der Waals surface area contributed by atoms with Crippen LogP contribution in [0.1, 0.15) is 58.4 Å². The van der Waals surface area contributed by atoms with Crippen molar-refractivity contribution >= 4 is 11.6 Å². The van der Waals surface area contributed by atoms with Crippen LogP contribution in [0.25, 0.3) is 11.1 Å². The van der Waals surface area contributed by atoms with E-state index in [4.69, 9.17) is 11.6 Å². The van der Waals surface area contributed by atoms with Gasteiger partial charge in [0, 0.05) is 23.0 Å². The molecule has 0 aliphatic carbocycles. The summed E-state index contributed by atoms with van der Waals surface area (Å²) in [5.74, 6) is -0.254. The Kier molecular flexibility index (Phi) is 6.51. The number of aliphatic hydroxyl groups excluding tert-OH is 1. The van der Waals surface area contributed by atoms with Crippen LogP contribution in [0.2, 0.25) is 5.02 Å². The van der Waals surface area contributed by atoms with Crippen molar-refractivity contribution in [2.75, 3.05) is 0 Å². The van der Waals surface area contributed by atoms with Crippen LogP contribution >= 0.6 is 11.6 Å². The summed E-state index contributed by atoms with van der Waals surface area (Å²) in [6, 6.07) is 16.3. The smallest absolute Gasteiger partial charge is 0.137 e. The summed E-state index contributed by atoms with van der Waals surface area (Å²) in [5.41, 5.74) is 1.84. The minimum Gasteiger partial charge on any atom is -0.385 e. The Morgan fingerprint density at radius 1 is 1.04 bits per heavy atom. The van der Waals surface area contributed by atoms with E-state index in [9.17, 15) is 10.2 Å². The van der Waals surface area contributed by atoms with Crippen molar-refractivity contribution < 1.29 is 10.2 Å². The monoisotopic (exact) mass is 401 g/mol. The summed E-state index contributed by atoms with van der Waals surface area (Å²) in [6.45, 7) is 8.04. The average molecular weight is 402 g/mol. The van der Waals surface area contributed by atoms with Gasteiger partial charge in [-0.3, -0.25) is 4.90 Å². The molecular weight excluding hydrogens is 370 g/mol. The Bertz CT molecular complexity index is 779. The number of halogens is 1. The van der Waals surface area contributed by atoms with Gasteiger partial charge in [0.25, 0.3) is 0 Å². The molecule has 28 heavy (non-hydrogen) atoms. The van der Waals surface area contributed by atoms with Crippen molar-refractivity contribution in [1.29, 1.82) is 0 Å². The van der Waals surface area contributed by atoms with Crippen molar-refractivity contribution in [2.24, 2.45) is 0 Å². The number of hydrogen-bond acceptors (Lipinski definition) is 3. The first kappa shape index (κ1) is 21.3. The Morgan fingerprint density at radius 2 is 1.61 bits per heavy atom. The molecule has 1 saturated heterocycles. The van der Waals surface area contributed by atoms with E-state index in [2.05, 4.69) is 24.8 Å². The Morgan fingerprint density at radius 3 is 2.21 bits per heavy atom. The quantitative estimate of drug-likeness (QED) is 0.700. The highest BCUT2D eigenvalue weighted by Crippen LogP contribution is 2.39. The number of hydrogen-bond donors (Lipinski definition) is 2. The number of aliphatic hydroxyl groups is 2. The first-order valence-corrected chi connectivity index (χ1v) is 10.6. The summed E-state index contributed by atoms with van der Waals surface area (Å²) in [5, 5.41) is 23.4. The van der Waals surface area contributed by atoms with E-state index in [0.717, 1.165) is 29.5 Å².